The largest absolute Gasteiger partial charge is 0.332 e. The zero-order valence-electron chi connectivity index (χ0n) is 11.3. The van der Waals surface area contributed by atoms with Gasteiger partial charge in [0.1, 0.15) is 10.7 Å². The van der Waals surface area contributed by atoms with Crippen LogP contribution in [0.3, 0.4) is 0 Å². The van der Waals surface area contributed by atoms with E-state index in [-0.39, 0.29) is 0 Å². The van der Waals surface area contributed by atoms with Crippen molar-refractivity contribution in [2.45, 2.75) is 26.8 Å². The zero-order chi connectivity index (χ0) is 13.7. The molecule has 0 aromatic carbocycles. The minimum atomic E-state index is 0.438. The van der Waals surface area contributed by atoms with Gasteiger partial charge in [0.25, 0.3) is 5.89 Å². The highest BCUT2D eigenvalue weighted by atomic mass is 32.1. The lowest BCUT2D eigenvalue weighted by Gasteiger charge is -2.16. The summed E-state index contributed by atoms with van der Waals surface area (Å²) in [7, 11) is 0. The fourth-order valence-corrected chi connectivity index (χ4v) is 2.41. The van der Waals surface area contributed by atoms with E-state index < -0.39 is 0 Å². The van der Waals surface area contributed by atoms with Crippen LogP contribution in [-0.4, -0.2) is 39.7 Å². The first kappa shape index (κ1) is 14.1. The molecule has 104 valence electrons. The maximum absolute atomic E-state index is 5.53. The summed E-state index contributed by atoms with van der Waals surface area (Å²) >= 11 is 1.51. The lowest BCUT2D eigenvalue weighted by atomic mass is 10.3. The monoisotopic (exact) mass is 281 g/mol. The highest BCUT2D eigenvalue weighted by Gasteiger charge is 2.12. The van der Waals surface area contributed by atoms with Gasteiger partial charge in [0, 0.05) is 24.9 Å². The van der Waals surface area contributed by atoms with Crippen LogP contribution in [0.4, 0.5) is 0 Å². The highest BCUT2D eigenvalue weighted by Crippen LogP contribution is 2.19. The number of nitrogens with two attached hydrogens (primary N) is 1. The Bertz CT molecular complexity index is 506. The van der Waals surface area contributed by atoms with Gasteiger partial charge in [-0.2, -0.15) is 4.98 Å². The first-order chi connectivity index (χ1) is 9.26. The molecule has 0 aliphatic heterocycles. The van der Waals surface area contributed by atoms with E-state index in [2.05, 4.69) is 33.9 Å². The normalized spacial score (nSPS) is 11.4. The molecule has 0 aliphatic carbocycles. The third kappa shape index (κ3) is 3.59. The summed E-state index contributed by atoms with van der Waals surface area (Å²) in [6.07, 6.45) is 0.791. The van der Waals surface area contributed by atoms with Gasteiger partial charge in [-0.3, -0.25) is 0 Å². The molecule has 2 aromatic rings. The molecule has 19 heavy (non-hydrogen) atoms. The van der Waals surface area contributed by atoms with Crippen LogP contribution in [0, 0.1) is 0 Å². The summed E-state index contributed by atoms with van der Waals surface area (Å²) in [5, 5.41) is 6.75. The smallest absolute Gasteiger partial charge is 0.277 e. The quantitative estimate of drug-likeness (QED) is 0.829. The lowest BCUT2D eigenvalue weighted by molar-refractivity contribution is 0.303. The number of rotatable bonds is 7. The van der Waals surface area contributed by atoms with Gasteiger partial charge in [-0.1, -0.05) is 19.0 Å². The predicted molar refractivity (Wildman–Crippen MR) is 74.8 cm³/mol. The standard InChI is InChI=1S/C12H19N5OS/c1-3-17(4-2)6-5-10-15-12(18-16-10)9-8-19-11(7-13)14-9/h8H,3-7,13H2,1-2H3. The second-order valence-corrected chi connectivity index (χ2v) is 5.07. The third-order valence-electron chi connectivity index (χ3n) is 2.96. The van der Waals surface area contributed by atoms with Gasteiger partial charge in [-0.05, 0) is 13.1 Å². The molecule has 0 fully saturated rings. The van der Waals surface area contributed by atoms with Crippen LogP contribution in [0.1, 0.15) is 24.7 Å². The summed E-state index contributed by atoms with van der Waals surface area (Å²) < 4.78 is 5.23. The molecule has 0 saturated heterocycles. The van der Waals surface area contributed by atoms with E-state index in [1.807, 2.05) is 5.38 Å². The first-order valence-corrected chi connectivity index (χ1v) is 7.34. The summed E-state index contributed by atoms with van der Waals surface area (Å²) in [6, 6.07) is 0. The minimum absolute atomic E-state index is 0.438. The van der Waals surface area contributed by atoms with Crippen molar-refractivity contribution >= 4 is 11.3 Å². The van der Waals surface area contributed by atoms with Crippen molar-refractivity contribution in [2.24, 2.45) is 5.73 Å². The molecule has 0 saturated carbocycles. The SMILES string of the molecule is CCN(CC)CCc1noc(-c2csc(CN)n2)n1. The Balaban J connectivity index is 1.98. The van der Waals surface area contributed by atoms with E-state index >= 15 is 0 Å². The van der Waals surface area contributed by atoms with Crippen LogP contribution in [0.25, 0.3) is 11.6 Å². The number of thiazole rings is 1. The molecular weight excluding hydrogens is 262 g/mol. The molecule has 0 bridgehead atoms. The average Bonchev–Trinajstić information content (AvgIpc) is 3.08. The molecule has 0 unspecified atom stereocenters. The molecule has 0 radical (unpaired) electrons. The number of hydrogen-bond acceptors (Lipinski definition) is 7. The molecule has 2 aromatic heterocycles. The van der Waals surface area contributed by atoms with Gasteiger partial charge in [-0.25, -0.2) is 4.98 Å². The molecule has 2 heterocycles. The van der Waals surface area contributed by atoms with Crippen molar-refractivity contribution in [3.63, 3.8) is 0 Å². The van der Waals surface area contributed by atoms with Crippen LogP contribution >= 0.6 is 11.3 Å². The lowest BCUT2D eigenvalue weighted by Crippen LogP contribution is -2.25. The maximum atomic E-state index is 5.53. The number of nitrogens with zero attached hydrogens (tertiary/aromatic N) is 4. The second-order valence-electron chi connectivity index (χ2n) is 4.12. The van der Waals surface area contributed by atoms with Crippen molar-refractivity contribution in [1.29, 1.82) is 0 Å². The average molecular weight is 281 g/mol. The Morgan fingerprint density at radius 3 is 2.74 bits per heavy atom. The minimum Gasteiger partial charge on any atom is -0.332 e. The van der Waals surface area contributed by atoms with E-state index in [4.69, 9.17) is 10.3 Å². The third-order valence-corrected chi connectivity index (χ3v) is 3.83. The number of likely N-dealkylation sites (N-methyl/N-ethyl adjacent to an activating group) is 1. The number of hydrogen-bond donors (Lipinski definition) is 1. The Hall–Kier alpha value is -1.31. The zero-order valence-corrected chi connectivity index (χ0v) is 12.1. The van der Waals surface area contributed by atoms with Gasteiger partial charge in [0.15, 0.2) is 5.82 Å². The molecule has 0 amide bonds. The highest BCUT2D eigenvalue weighted by molar-refractivity contribution is 7.09. The summed E-state index contributed by atoms with van der Waals surface area (Å²) in [5.74, 6) is 1.20. The molecule has 2 N–H and O–H groups in total. The fraction of sp³-hybridized carbons (Fsp3) is 0.583. The molecule has 0 spiro atoms. The van der Waals surface area contributed by atoms with Crippen molar-refractivity contribution in [1.82, 2.24) is 20.0 Å². The van der Waals surface area contributed by atoms with Crippen molar-refractivity contribution in [3.05, 3.63) is 16.2 Å². The summed E-state index contributed by atoms with van der Waals surface area (Å²) in [4.78, 5) is 11.0. The van der Waals surface area contributed by atoms with E-state index in [1.54, 1.807) is 0 Å². The van der Waals surface area contributed by atoms with E-state index in [9.17, 15) is 0 Å². The molecule has 6 nitrogen and oxygen atoms in total. The Labute approximate surface area is 116 Å². The maximum Gasteiger partial charge on any atom is 0.277 e. The molecule has 7 heteroatoms. The Kier molecular flexibility index (Phi) is 5.00. The first-order valence-electron chi connectivity index (χ1n) is 6.46. The van der Waals surface area contributed by atoms with Gasteiger partial charge < -0.3 is 15.2 Å². The molecule has 0 atom stereocenters. The molecule has 0 aliphatic rings. The van der Waals surface area contributed by atoms with Crippen LogP contribution in [-0.2, 0) is 13.0 Å². The number of aromatic nitrogens is 3. The topological polar surface area (TPSA) is 81.1 Å². The van der Waals surface area contributed by atoms with Crippen molar-refractivity contribution in [3.8, 4) is 11.6 Å². The van der Waals surface area contributed by atoms with Gasteiger partial charge >= 0.3 is 0 Å². The van der Waals surface area contributed by atoms with Crippen LogP contribution < -0.4 is 5.73 Å². The Morgan fingerprint density at radius 2 is 2.11 bits per heavy atom. The molecule has 2 rings (SSSR count). The van der Waals surface area contributed by atoms with E-state index in [0.717, 1.165) is 36.9 Å². The Morgan fingerprint density at radius 1 is 1.32 bits per heavy atom. The van der Waals surface area contributed by atoms with Crippen LogP contribution in [0.5, 0.6) is 0 Å². The molecular formula is C12H19N5OS. The van der Waals surface area contributed by atoms with E-state index in [1.165, 1.54) is 11.3 Å². The predicted octanol–water partition coefficient (Wildman–Crippen LogP) is 1.54. The summed E-state index contributed by atoms with van der Waals surface area (Å²) in [5.41, 5.74) is 6.25. The fourth-order valence-electron chi connectivity index (χ4n) is 1.76. The van der Waals surface area contributed by atoms with Crippen LogP contribution in [0.15, 0.2) is 9.90 Å². The van der Waals surface area contributed by atoms with Gasteiger partial charge in [0.05, 0.1) is 0 Å². The van der Waals surface area contributed by atoms with Crippen molar-refractivity contribution < 1.29 is 4.52 Å². The summed E-state index contributed by atoms with van der Waals surface area (Å²) in [6.45, 7) is 7.74. The van der Waals surface area contributed by atoms with Gasteiger partial charge in [0.2, 0.25) is 0 Å². The van der Waals surface area contributed by atoms with Crippen molar-refractivity contribution in [2.75, 3.05) is 19.6 Å². The van der Waals surface area contributed by atoms with Crippen LogP contribution in [0.2, 0.25) is 0 Å². The van der Waals surface area contributed by atoms with E-state index in [0.29, 0.717) is 18.1 Å². The van der Waals surface area contributed by atoms with Gasteiger partial charge in [-0.15, -0.1) is 11.3 Å². The second kappa shape index (κ2) is 6.74.